The van der Waals surface area contributed by atoms with E-state index in [9.17, 15) is 9.59 Å². The van der Waals surface area contributed by atoms with Gasteiger partial charge in [0.15, 0.2) is 5.82 Å². The van der Waals surface area contributed by atoms with Gasteiger partial charge in [0.1, 0.15) is 5.56 Å². The van der Waals surface area contributed by atoms with Gasteiger partial charge in [-0.05, 0) is 75.3 Å². The zero-order chi connectivity index (χ0) is 27.4. The first-order valence-corrected chi connectivity index (χ1v) is 14.5. The summed E-state index contributed by atoms with van der Waals surface area (Å²) in [5, 5.41) is 7.92. The van der Waals surface area contributed by atoms with E-state index in [0.717, 1.165) is 42.9 Å². The number of nitrogens with one attached hydrogen (secondary N) is 1. The molecule has 2 aliphatic rings. The quantitative estimate of drug-likeness (QED) is 0.441. The van der Waals surface area contributed by atoms with Crippen molar-refractivity contribution in [2.75, 3.05) is 39.3 Å². The van der Waals surface area contributed by atoms with Crippen LogP contribution in [0.4, 0.5) is 0 Å². The van der Waals surface area contributed by atoms with Crippen molar-refractivity contribution < 1.29 is 9.59 Å². The van der Waals surface area contributed by atoms with Crippen molar-refractivity contribution in [3.8, 4) is 11.5 Å². The number of benzene rings is 1. The third-order valence-electron chi connectivity index (χ3n) is 8.15. The molecule has 2 saturated heterocycles. The molecule has 0 bridgehead atoms. The summed E-state index contributed by atoms with van der Waals surface area (Å²) >= 11 is 0. The van der Waals surface area contributed by atoms with Crippen molar-refractivity contribution in [2.24, 2.45) is 17.8 Å². The van der Waals surface area contributed by atoms with Crippen LogP contribution >= 0.6 is 0 Å². The Bertz CT molecular complexity index is 1230. The Morgan fingerprint density at radius 3 is 2.31 bits per heavy atom. The van der Waals surface area contributed by atoms with Gasteiger partial charge in [-0.1, -0.05) is 32.0 Å². The molecule has 0 radical (unpaired) electrons. The predicted octanol–water partition coefficient (Wildman–Crippen LogP) is 4.31. The predicted molar refractivity (Wildman–Crippen MR) is 153 cm³/mol. The number of piperidine rings is 2. The fourth-order valence-electron chi connectivity index (χ4n) is 6.36. The lowest BCUT2D eigenvalue weighted by Crippen LogP contribution is -2.44. The molecule has 0 spiro atoms. The van der Waals surface area contributed by atoms with Gasteiger partial charge in [-0.25, -0.2) is 4.68 Å². The van der Waals surface area contributed by atoms with E-state index < -0.39 is 0 Å². The molecule has 1 aromatic carbocycles. The lowest BCUT2D eigenvalue weighted by molar-refractivity contribution is -0.126. The normalized spacial score (nSPS) is 20.7. The van der Waals surface area contributed by atoms with Crippen molar-refractivity contribution in [1.82, 2.24) is 29.5 Å². The van der Waals surface area contributed by atoms with Gasteiger partial charge in [0.2, 0.25) is 5.91 Å². The van der Waals surface area contributed by atoms with E-state index in [-0.39, 0.29) is 17.7 Å². The maximum Gasteiger partial charge on any atom is 0.259 e. The largest absolute Gasteiger partial charge is 0.356 e. The van der Waals surface area contributed by atoms with Crippen LogP contribution in [-0.4, -0.2) is 75.2 Å². The van der Waals surface area contributed by atoms with Gasteiger partial charge >= 0.3 is 0 Å². The van der Waals surface area contributed by atoms with Crippen LogP contribution in [0.1, 0.15) is 55.6 Å². The van der Waals surface area contributed by atoms with Crippen LogP contribution in [0, 0.1) is 24.7 Å². The molecule has 39 heavy (non-hydrogen) atoms. The summed E-state index contributed by atoms with van der Waals surface area (Å²) in [5.74, 6) is 2.32. The molecule has 1 N–H and O–H groups in total. The molecule has 5 rings (SSSR count). The molecule has 0 unspecified atom stereocenters. The molecule has 2 fully saturated rings. The zero-order valence-electron chi connectivity index (χ0n) is 23.6. The lowest BCUT2D eigenvalue weighted by atomic mass is 9.92. The maximum absolute atomic E-state index is 13.8. The highest BCUT2D eigenvalue weighted by Gasteiger charge is 2.32. The summed E-state index contributed by atoms with van der Waals surface area (Å²) in [7, 11) is 0. The van der Waals surface area contributed by atoms with Gasteiger partial charge < -0.3 is 19.7 Å². The maximum atomic E-state index is 13.8. The number of hydrogen-bond acceptors (Lipinski definition) is 4. The van der Waals surface area contributed by atoms with Crippen LogP contribution < -0.4 is 5.32 Å². The van der Waals surface area contributed by atoms with E-state index >= 15 is 0 Å². The highest BCUT2D eigenvalue weighted by atomic mass is 16.2. The number of carbonyl (C=O) groups is 2. The minimum absolute atomic E-state index is 0.0257. The molecule has 208 valence electrons. The average molecular weight is 531 g/mol. The van der Waals surface area contributed by atoms with Gasteiger partial charge in [0, 0.05) is 51.0 Å². The molecule has 3 aromatic rings. The number of rotatable bonds is 8. The summed E-state index contributed by atoms with van der Waals surface area (Å²) < 4.78 is 3.79. The Labute approximate surface area is 232 Å². The topological polar surface area (TPSA) is 75.4 Å². The third-order valence-corrected chi connectivity index (χ3v) is 8.15. The molecule has 2 aromatic heterocycles. The molecule has 4 heterocycles. The Morgan fingerprint density at radius 2 is 1.64 bits per heavy atom. The molecule has 2 atom stereocenters. The van der Waals surface area contributed by atoms with E-state index in [2.05, 4.69) is 24.1 Å². The number of nitrogens with zero attached hydrogens (tertiary/aromatic N) is 5. The second kappa shape index (κ2) is 12.2. The number of likely N-dealkylation sites (tertiary alicyclic amines) is 2. The molecule has 8 heteroatoms. The van der Waals surface area contributed by atoms with Crippen molar-refractivity contribution in [1.29, 1.82) is 0 Å². The third kappa shape index (κ3) is 6.27. The van der Waals surface area contributed by atoms with E-state index in [4.69, 9.17) is 5.10 Å². The number of aryl methyl sites for hydroxylation is 1. The lowest BCUT2D eigenvalue weighted by Gasteiger charge is -2.35. The van der Waals surface area contributed by atoms with Crippen LogP contribution in [0.5, 0.6) is 0 Å². The molecule has 2 amide bonds. The summed E-state index contributed by atoms with van der Waals surface area (Å²) in [5.41, 5.74) is 2.22. The van der Waals surface area contributed by atoms with Crippen molar-refractivity contribution in [2.45, 2.75) is 46.5 Å². The SMILES string of the molecule is Cc1nn(-c2ccccc2)c(-n2cccc2)c1C(=O)N1CCC(C(=O)NCCCN2C[C@@H](C)C[C@H](C)C2)CC1. The minimum Gasteiger partial charge on any atom is -0.356 e. The number of hydrogen-bond donors (Lipinski definition) is 1. The van der Waals surface area contributed by atoms with Crippen LogP contribution in [0.25, 0.3) is 11.5 Å². The van der Waals surface area contributed by atoms with E-state index in [0.29, 0.717) is 37.2 Å². The Balaban J connectivity index is 1.18. The molecule has 0 aliphatic carbocycles. The van der Waals surface area contributed by atoms with Gasteiger partial charge in [-0.2, -0.15) is 5.10 Å². The van der Waals surface area contributed by atoms with Gasteiger partial charge in [0.25, 0.3) is 5.91 Å². The van der Waals surface area contributed by atoms with Crippen LogP contribution in [0.15, 0.2) is 54.9 Å². The Morgan fingerprint density at radius 1 is 0.974 bits per heavy atom. The summed E-state index contributed by atoms with van der Waals surface area (Å²) in [6, 6.07) is 13.8. The smallest absolute Gasteiger partial charge is 0.259 e. The van der Waals surface area contributed by atoms with E-state index in [1.54, 1.807) is 0 Å². The summed E-state index contributed by atoms with van der Waals surface area (Å²) in [4.78, 5) is 31.1. The van der Waals surface area contributed by atoms with Gasteiger partial charge in [0.05, 0.1) is 11.4 Å². The molecule has 0 saturated carbocycles. The van der Waals surface area contributed by atoms with Gasteiger partial charge in [-0.15, -0.1) is 0 Å². The minimum atomic E-state index is -0.0406. The number of carbonyl (C=O) groups excluding carboxylic acids is 2. The van der Waals surface area contributed by atoms with Crippen molar-refractivity contribution >= 4 is 11.8 Å². The molecule has 2 aliphatic heterocycles. The monoisotopic (exact) mass is 530 g/mol. The number of aromatic nitrogens is 3. The van der Waals surface area contributed by atoms with Crippen molar-refractivity contribution in [3.05, 3.63) is 66.1 Å². The second-order valence-corrected chi connectivity index (χ2v) is 11.5. The summed E-state index contributed by atoms with van der Waals surface area (Å²) in [6.07, 6.45) is 7.55. The molecular formula is C31H42N6O2. The summed E-state index contributed by atoms with van der Waals surface area (Å²) in [6.45, 7) is 11.8. The standard InChI is InChI=1S/C31H42N6O2/c1-23-20-24(2)22-34(21-23)15-9-14-32-29(38)26-12-18-36(19-13-26)31(39)28-25(3)33-37(27-10-5-4-6-11-27)30(28)35-16-7-8-17-35/h4-8,10-11,16-17,23-24,26H,9,12-15,18-22H2,1-3H3,(H,32,38)/t23-,24-/m0/s1. The fraction of sp³-hybridized carbons (Fsp3) is 0.516. The van der Waals surface area contributed by atoms with Crippen molar-refractivity contribution in [3.63, 3.8) is 0 Å². The zero-order valence-corrected chi connectivity index (χ0v) is 23.6. The first kappa shape index (κ1) is 27.2. The van der Waals surface area contributed by atoms with Gasteiger partial charge in [-0.3, -0.25) is 9.59 Å². The second-order valence-electron chi connectivity index (χ2n) is 11.5. The fourth-order valence-corrected chi connectivity index (χ4v) is 6.36. The van der Waals surface area contributed by atoms with Crippen LogP contribution in [-0.2, 0) is 4.79 Å². The number of amides is 2. The Kier molecular flexibility index (Phi) is 8.50. The highest BCUT2D eigenvalue weighted by Crippen LogP contribution is 2.27. The average Bonchev–Trinajstić information content (AvgIpc) is 3.58. The first-order valence-electron chi connectivity index (χ1n) is 14.5. The van der Waals surface area contributed by atoms with E-state index in [1.807, 2.05) is 75.9 Å². The molecule has 8 nitrogen and oxygen atoms in total. The van der Waals surface area contributed by atoms with Crippen LogP contribution in [0.2, 0.25) is 0 Å². The molecular weight excluding hydrogens is 488 g/mol. The van der Waals surface area contributed by atoms with E-state index in [1.165, 1.54) is 19.5 Å². The first-order chi connectivity index (χ1) is 18.9. The highest BCUT2D eigenvalue weighted by molar-refractivity contribution is 5.99. The Hall–Kier alpha value is -3.39. The number of para-hydroxylation sites is 1. The van der Waals surface area contributed by atoms with Crippen LogP contribution in [0.3, 0.4) is 0 Å².